The summed E-state index contributed by atoms with van der Waals surface area (Å²) in [5.41, 5.74) is 0.146. The second-order valence-electron chi connectivity index (χ2n) is 8.09. The van der Waals surface area contributed by atoms with E-state index in [1.807, 2.05) is 6.92 Å². The van der Waals surface area contributed by atoms with E-state index in [0.717, 1.165) is 43.5 Å². The summed E-state index contributed by atoms with van der Waals surface area (Å²) in [4.78, 5) is 28.8. The van der Waals surface area contributed by atoms with Gasteiger partial charge in [0.15, 0.2) is 0 Å². The van der Waals surface area contributed by atoms with Gasteiger partial charge in [-0.2, -0.15) is 0 Å². The van der Waals surface area contributed by atoms with Crippen LogP contribution >= 0.6 is 11.8 Å². The maximum Gasteiger partial charge on any atom is 0.353 e. The summed E-state index contributed by atoms with van der Waals surface area (Å²) >= 11 is 1.63. The van der Waals surface area contributed by atoms with Crippen LogP contribution in [0.3, 0.4) is 0 Å². The fraction of sp³-hybridized carbons (Fsp3) is 0.778. The van der Waals surface area contributed by atoms with E-state index >= 15 is 0 Å². The first-order valence-electron chi connectivity index (χ1n) is 9.46. The van der Waals surface area contributed by atoms with Crippen LogP contribution in [0.25, 0.3) is 0 Å². The van der Waals surface area contributed by atoms with E-state index in [4.69, 9.17) is 0 Å². The van der Waals surface area contributed by atoms with Crippen LogP contribution in [0.5, 0.6) is 0 Å². The van der Waals surface area contributed by atoms with Gasteiger partial charge in [0.1, 0.15) is 5.70 Å². The lowest BCUT2D eigenvalue weighted by Gasteiger charge is -2.46. The molecule has 4 aliphatic heterocycles. The summed E-state index contributed by atoms with van der Waals surface area (Å²) in [6.45, 7) is 8.86. The van der Waals surface area contributed by atoms with Gasteiger partial charge in [0.2, 0.25) is 5.91 Å². The second kappa shape index (κ2) is 6.82. The molecule has 0 saturated carbocycles. The van der Waals surface area contributed by atoms with E-state index in [2.05, 4.69) is 10.2 Å². The van der Waals surface area contributed by atoms with Gasteiger partial charge in [0, 0.05) is 35.7 Å². The van der Waals surface area contributed by atoms with Gasteiger partial charge in [-0.05, 0) is 32.4 Å². The van der Waals surface area contributed by atoms with Gasteiger partial charge in [0.05, 0.1) is 18.1 Å². The number of carbonyl (C=O) groups excluding carboxylic acids is 1. The molecule has 144 valence electrons. The minimum absolute atomic E-state index is 0.0310. The summed E-state index contributed by atoms with van der Waals surface area (Å²) in [7, 11) is 0. The van der Waals surface area contributed by atoms with E-state index in [0.29, 0.717) is 5.25 Å². The number of carboxylic acids is 1. The van der Waals surface area contributed by atoms with E-state index in [-0.39, 0.29) is 23.6 Å². The largest absolute Gasteiger partial charge is 0.477 e. The molecule has 0 aromatic rings. The molecular formula is C18H27N3O4S. The zero-order valence-electron chi connectivity index (χ0n) is 15.2. The molecule has 1 amide bonds. The number of likely N-dealkylation sites (tertiary alicyclic amines) is 1. The minimum Gasteiger partial charge on any atom is -0.477 e. The normalized spacial score (nSPS) is 36.1. The molecule has 0 bridgehead atoms. The van der Waals surface area contributed by atoms with Crippen LogP contribution < -0.4 is 5.32 Å². The van der Waals surface area contributed by atoms with Gasteiger partial charge in [-0.25, -0.2) is 4.79 Å². The first kappa shape index (κ1) is 18.3. The van der Waals surface area contributed by atoms with Gasteiger partial charge in [0.25, 0.3) is 0 Å². The molecular weight excluding hydrogens is 354 g/mol. The van der Waals surface area contributed by atoms with Gasteiger partial charge >= 0.3 is 5.97 Å². The molecule has 4 aliphatic rings. The van der Waals surface area contributed by atoms with Crippen LogP contribution in [0.15, 0.2) is 10.6 Å². The summed E-state index contributed by atoms with van der Waals surface area (Å²) in [6, 6.07) is -0.211. The quantitative estimate of drug-likeness (QED) is 0.565. The molecule has 0 radical (unpaired) electrons. The molecule has 3 fully saturated rings. The van der Waals surface area contributed by atoms with Crippen LogP contribution in [-0.2, 0) is 9.59 Å². The number of hydrogen-bond acceptors (Lipinski definition) is 6. The molecule has 5 atom stereocenters. The SMILES string of the molecule is CC(O)[C@H]1C(=O)N2C(C(=O)O)=C(SC3CN(C[C@H]4CCNC4)C3)[C@H](C)[C@H]12. The van der Waals surface area contributed by atoms with Crippen molar-refractivity contribution in [3.63, 3.8) is 0 Å². The first-order chi connectivity index (χ1) is 12.4. The number of hydrogen-bond donors (Lipinski definition) is 3. The Hall–Kier alpha value is -1.09. The molecule has 0 aromatic carbocycles. The van der Waals surface area contributed by atoms with Crippen LogP contribution in [0.2, 0.25) is 0 Å². The number of thioether (sulfide) groups is 1. The number of aliphatic hydroxyl groups is 1. The van der Waals surface area contributed by atoms with E-state index in [9.17, 15) is 19.8 Å². The maximum atomic E-state index is 12.4. The van der Waals surface area contributed by atoms with Crippen molar-refractivity contribution < 1.29 is 19.8 Å². The van der Waals surface area contributed by atoms with Crippen LogP contribution in [0, 0.1) is 17.8 Å². The highest BCUT2D eigenvalue weighted by atomic mass is 32.2. The standard InChI is InChI=1S/C18H27N3O4S/c1-9-14-13(10(2)22)17(23)21(14)15(18(24)25)16(9)26-12-7-20(8-12)6-11-3-4-19-5-11/h9-14,19,22H,3-8H2,1-2H3,(H,24,25)/t9-,10?,11+,13-,14-/m1/s1. The molecule has 26 heavy (non-hydrogen) atoms. The fourth-order valence-electron chi connectivity index (χ4n) is 4.84. The summed E-state index contributed by atoms with van der Waals surface area (Å²) in [5, 5.41) is 23.3. The Kier molecular flexibility index (Phi) is 4.79. The fourth-order valence-corrected chi connectivity index (χ4v) is 6.42. The number of rotatable bonds is 6. The maximum absolute atomic E-state index is 12.4. The molecule has 4 heterocycles. The smallest absolute Gasteiger partial charge is 0.353 e. The van der Waals surface area contributed by atoms with Gasteiger partial charge in [-0.15, -0.1) is 11.8 Å². The third-order valence-corrected chi connectivity index (χ3v) is 7.66. The lowest BCUT2D eigenvalue weighted by atomic mass is 9.79. The second-order valence-corrected chi connectivity index (χ2v) is 9.43. The van der Waals surface area contributed by atoms with Crippen molar-refractivity contribution in [3.8, 4) is 0 Å². The number of amides is 1. The predicted octanol–water partition coefficient (Wildman–Crippen LogP) is 0.167. The van der Waals surface area contributed by atoms with Gasteiger partial charge in [-0.3, -0.25) is 4.79 Å². The molecule has 8 heteroatoms. The number of aliphatic carboxylic acids is 1. The average Bonchev–Trinajstić information content (AvgIpc) is 3.11. The zero-order chi connectivity index (χ0) is 18.6. The topological polar surface area (TPSA) is 93.1 Å². The monoisotopic (exact) mass is 381 g/mol. The molecule has 3 saturated heterocycles. The average molecular weight is 381 g/mol. The van der Waals surface area contributed by atoms with Crippen molar-refractivity contribution >= 4 is 23.6 Å². The number of fused-ring (bicyclic) bond motifs is 1. The highest BCUT2D eigenvalue weighted by Gasteiger charge is 2.60. The molecule has 0 spiro atoms. The molecule has 3 N–H and O–H groups in total. The molecule has 7 nitrogen and oxygen atoms in total. The lowest BCUT2D eigenvalue weighted by Crippen LogP contribution is -2.63. The summed E-state index contributed by atoms with van der Waals surface area (Å²) in [6.07, 6.45) is 0.490. The number of nitrogens with zero attached hydrogens (tertiary/aromatic N) is 2. The van der Waals surface area contributed by atoms with Gasteiger partial charge in [-0.1, -0.05) is 6.92 Å². The third-order valence-electron chi connectivity index (χ3n) is 6.21. The molecule has 0 aromatic heterocycles. The van der Waals surface area contributed by atoms with Crippen LogP contribution in [-0.4, -0.2) is 82.0 Å². The summed E-state index contributed by atoms with van der Waals surface area (Å²) in [5.74, 6) is -1.07. The Labute approximate surface area is 157 Å². The predicted molar refractivity (Wildman–Crippen MR) is 98.4 cm³/mol. The van der Waals surface area contributed by atoms with Crippen LogP contribution in [0.4, 0.5) is 0 Å². The Morgan fingerprint density at radius 1 is 1.42 bits per heavy atom. The molecule has 4 rings (SSSR count). The van der Waals surface area contributed by atoms with Crippen molar-refractivity contribution in [1.82, 2.24) is 15.1 Å². The van der Waals surface area contributed by atoms with E-state index in [1.54, 1.807) is 18.7 Å². The number of carbonyl (C=O) groups is 2. The van der Waals surface area contributed by atoms with E-state index in [1.165, 1.54) is 11.3 Å². The number of nitrogens with one attached hydrogen (secondary N) is 1. The number of β-lactam (4-membered cyclic amide) rings is 1. The summed E-state index contributed by atoms with van der Waals surface area (Å²) < 4.78 is 0. The third kappa shape index (κ3) is 2.87. The molecule has 0 aliphatic carbocycles. The van der Waals surface area contributed by atoms with Crippen molar-refractivity contribution in [1.29, 1.82) is 0 Å². The van der Waals surface area contributed by atoms with Crippen molar-refractivity contribution in [2.24, 2.45) is 17.8 Å². The molecule has 1 unspecified atom stereocenters. The van der Waals surface area contributed by atoms with Crippen molar-refractivity contribution in [3.05, 3.63) is 10.6 Å². The van der Waals surface area contributed by atoms with Crippen LogP contribution in [0.1, 0.15) is 20.3 Å². The highest BCUT2D eigenvalue weighted by molar-refractivity contribution is 8.03. The zero-order valence-corrected chi connectivity index (χ0v) is 16.0. The minimum atomic E-state index is -1.03. The van der Waals surface area contributed by atoms with Crippen molar-refractivity contribution in [2.75, 3.05) is 32.7 Å². The first-order valence-corrected chi connectivity index (χ1v) is 10.3. The lowest BCUT2D eigenvalue weighted by molar-refractivity contribution is -0.163. The van der Waals surface area contributed by atoms with E-state index < -0.39 is 18.0 Å². The van der Waals surface area contributed by atoms with Crippen molar-refractivity contribution in [2.45, 2.75) is 37.7 Å². The number of carboxylic acid groups (broad SMARTS) is 1. The number of aliphatic hydroxyl groups excluding tert-OH is 1. The Morgan fingerprint density at radius 3 is 2.73 bits per heavy atom. The Morgan fingerprint density at radius 2 is 2.15 bits per heavy atom. The highest BCUT2D eigenvalue weighted by Crippen LogP contribution is 2.51. The van der Waals surface area contributed by atoms with Gasteiger partial charge < -0.3 is 25.3 Å². The Balaban J connectivity index is 1.41. The Bertz CT molecular complexity index is 640.